The molecule has 3 aromatic rings. The smallest absolute Gasteiger partial charge is 0.228 e. The summed E-state index contributed by atoms with van der Waals surface area (Å²) in [5.74, 6) is -0.219. The molecule has 6 nitrogen and oxygen atoms in total. The van der Waals surface area contributed by atoms with Gasteiger partial charge in [-0.1, -0.05) is 52.7 Å². The van der Waals surface area contributed by atoms with E-state index in [-0.39, 0.29) is 29.4 Å². The SMILES string of the molecule is CCN(CC)CCN(C(=O)CCCS(=O)(=O)c1ccc(Cl)cc1)c1nc2ccc(Br)cc2s1. The lowest BCUT2D eigenvalue weighted by Crippen LogP contribution is -2.38. The summed E-state index contributed by atoms with van der Waals surface area (Å²) in [4.78, 5) is 22.0. The van der Waals surface area contributed by atoms with Gasteiger partial charge in [0.1, 0.15) is 0 Å². The van der Waals surface area contributed by atoms with E-state index in [1.807, 2.05) is 18.2 Å². The molecular weight excluding hydrogens is 546 g/mol. The largest absolute Gasteiger partial charge is 0.302 e. The number of benzene rings is 2. The van der Waals surface area contributed by atoms with Crippen molar-refractivity contribution in [3.05, 3.63) is 52.0 Å². The van der Waals surface area contributed by atoms with Crippen molar-refractivity contribution in [1.82, 2.24) is 9.88 Å². The second-order valence-corrected chi connectivity index (χ2v) is 12.0. The molecule has 10 heteroatoms. The van der Waals surface area contributed by atoms with Crippen LogP contribution in [0.2, 0.25) is 5.02 Å². The molecule has 0 spiro atoms. The first-order valence-corrected chi connectivity index (χ1v) is 14.4. The number of hydrogen-bond donors (Lipinski definition) is 0. The summed E-state index contributed by atoms with van der Waals surface area (Å²) in [6.07, 6.45) is 0.368. The first-order chi connectivity index (χ1) is 15.7. The predicted octanol–water partition coefficient (Wildman–Crippen LogP) is 5.64. The van der Waals surface area contributed by atoms with E-state index in [0.29, 0.717) is 16.7 Å². The number of carbonyl (C=O) groups excluding carboxylic acids is 1. The van der Waals surface area contributed by atoms with Crippen molar-refractivity contribution in [1.29, 1.82) is 0 Å². The van der Waals surface area contributed by atoms with Gasteiger partial charge in [-0.3, -0.25) is 9.69 Å². The normalized spacial score (nSPS) is 11.9. The van der Waals surface area contributed by atoms with Crippen LogP contribution in [-0.2, 0) is 14.6 Å². The highest BCUT2D eigenvalue weighted by atomic mass is 79.9. The zero-order valence-corrected chi connectivity index (χ0v) is 22.6. The van der Waals surface area contributed by atoms with Gasteiger partial charge in [0.25, 0.3) is 0 Å². The summed E-state index contributed by atoms with van der Waals surface area (Å²) in [6.45, 7) is 7.20. The minimum Gasteiger partial charge on any atom is -0.302 e. The number of nitrogens with zero attached hydrogens (tertiary/aromatic N) is 3. The van der Waals surface area contributed by atoms with Crippen LogP contribution >= 0.6 is 38.9 Å². The minimum atomic E-state index is -3.48. The van der Waals surface area contributed by atoms with Crippen molar-refractivity contribution in [2.45, 2.75) is 31.6 Å². The maximum atomic E-state index is 13.2. The molecule has 0 N–H and O–H groups in total. The van der Waals surface area contributed by atoms with Gasteiger partial charge in [0, 0.05) is 29.0 Å². The number of hydrogen-bond acceptors (Lipinski definition) is 6. The third-order valence-corrected chi connectivity index (χ3v) is 8.98. The lowest BCUT2D eigenvalue weighted by atomic mass is 10.3. The zero-order valence-electron chi connectivity index (χ0n) is 18.6. The number of fused-ring (bicyclic) bond motifs is 1. The molecule has 1 heterocycles. The Balaban J connectivity index is 1.73. The monoisotopic (exact) mass is 571 g/mol. The van der Waals surface area contributed by atoms with Gasteiger partial charge >= 0.3 is 0 Å². The number of thiazole rings is 1. The highest BCUT2D eigenvalue weighted by Crippen LogP contribution is 2.31. The fourth-order valence-electron chi connectivity index (χ4n) is 3.42. The summed E-state index contributed by atoms with van der Waals surface area (Å²) in [5.41, 5.74) is 0.837. The third-order valence-electron chi connectivity index (χ3n) is 5.38. The highest BCUT2D eigenvalue weighted by molar-refractivity contribution is 9.10. The Morgan fingerprint density at radius 2 is 1.79 bits per heavy atom. The van der Waals surface area contributed by atoms with Crippen molar-refractivity contribution < 1.29 is 13.2 Å². The molecule has 178 valence electrons. The zero-order chi connectivity index (χ0) is 24.0. The Morgan fingerprint density at radius 1 is 1.09 bits per heavy atom. The third kappa shape index (κ3) is 6.99. The van der Waals surface area contributed by atoms with E-state index >= 15 is 0 Å². The standard InChI is InChI=1S/C23H27BrClN3O3S2/c1-3-27(4-2)13-14-28(23-26-20-12-7-17(24)16-21(20)32-23)22(29)6-5-15-33(30,31)19-10-8-18(25)9-11-19/h7-12,16H,3-6,13-15H2,1-2H3. The van der Waals surface area contributed by atoms with Gasteiger partial charge in [-0.15, -0.1) is 0 Å². The van der Waals surface area contributed by atoms with Crippen LogP contribution in [0, 0.1) is 0 Å². The lowest BCUT2D eigenvalue weighted by molar-refractivity contribution is -0.118. The summed E-state index contributed by atoms with van der Waals surface area (Å²) >= 11 is 10.8. The Bertz CT molecular complexity index is 1200. The Hall–Kier alpha value is -1.52. The summed E-state index contributed by atoms with van der Waals surface area (Å²) in [5, 5.41) is 1.12. The number of anilines is 1. The van der Waals surface area contributed by atoms with E-state index in [9.17, 15) is 13.2 Å². The minimum absolute atomic E-state index is 0.100. The van der Waals surface area contributed by atoms with Gasteiger partial charge < -0.3 is 4.90 Å². The van der Waals surface area contributed by atoms with Crippen molar-refractivity contribution >= 4 is 70.0 Å². The van der Waals surface area contributed by atoms with Crippen molar-refractivity contribution in [2.24, 2.45) is 0 Å². The van der Waals surface area contributed by atoms with Gasteiger partial charge in [-0.25, -0.2) is 13.4 Å². The van der Waals surface area contributed by atoms with Gasteiger partial charge in [-0.2, -0.15) is 0 Å². The van der Waals surface area contributed by atoms with Crippen LogP contribution in [0.3, 0.4) is 0 Å². The lowest BCUT2D eigenvalue weighted by Gasteiger charge is -2.24. The highest BCUT2D eigenvalue weighted by Gasteiger charge is 2.22. The van der Waals surface area contributed by atoms with E-state index in [1.165, 1.54) is 23.5 Å². The summed E-state index contributed by atoms with van der Waals surface area (Å²) in [7, 11) is -3.48. The Kier molecular flexibility index (Phi) is 9.29. The molecule has 0 unspecified atom stereocenters. The second kappa shape index (κ2) is 11.8. The quantitative estimate of drug-likeness (QED) is 0.297. The van der Waals surface area contributed by atoms with Gasteiger partial charge in [0.15, 0.2) is 15.0 Å². The fraction of sp³-hybridized carbons (Fsp3) is 0.391. The predicted molar refractivity (Wildman–Crippen MR) is 140 cm³/mol. The van der Waals surface area contributed by atoms with E-state index in [0.717, 1.165) is 34.3 Å². The topological polar surface area (TPSA) is 70.6 Å². The molecular formula is C23H27BrClN3O3S2. The van der Waals surface area contributed by atoms with Crippen molar-refractivity contribution in [3.8, 4) is 0 Å². The molecule has 3 rings (SSSR count). The van der Waals surface area contributed by atoms with Crippen molar-refractivity contribution in [3.63, 3.8) is 0 Å². The molecule has 2 aromatic carbocycles. The van der Waals surface area contributed by atoms with Crippen molar-refractivity contribution in [2.75, 3.05) is 36.8 Å². The molecule has 0 bridgehead atoms. The number of rotatable bonds is 11. The first-order valence-electron chi connectivity index (χ1n) is 10.8. The maximum Gasteiger partial charge on any atom is 0.228 e. The number of amides is 1. The molecule has 0 atom stereocenters. The molecule has 0 saturated heterocycles. The van der Waals surface area contributed by atoms with Crippen LogP contribution < -0.4 is 4.90 Å². The number of halogens is 2. The maximum absolute atomic E-state index is 13.2. The molecule has 0 radical (unpaired) electrons. The van der Waals surface area contributed by atoms with Gasteiger partial charge in [0.2, 0.25) is 5.91 Å². The van der Waals surface area contributed by atoms with Crippen LogP contribution in [0.25, 0.3) is 10.2 Å². The Morgan fingerprint density at radius 3 is 2.45 bits per heavy atom. The molecule has 0 aliphatic heterocycles. The van der Waals surface area contributed by atoms with Gasteiger partial charge in [0.05, 0.1) is 20.9 Å². The molecule has 0 saturated carbocycles. The molecule has 0 aliphatic carbocycles. The number of sulfone groups is 1. The van der Waals surface area contributed by atoms with Gasteiger partial charge in [-0.05, 0) is 62.0 Å². The summed E-state index contributed by atoms with van der Waals surface area (Å²) < 4.78 is 27.2. The fourth-order valence-corrected chi connectivity index (χ4v) is 6.42. The van der Waals surface area contributed by atoms with Crippen LogP contribution in [0.15, 0.2) is 51.8 Å². The molecule has 1 aromatic heterocycles. The first kappa shape index (κ1) is 26.1. The van der Waals surface area contributed by atoms with Crippen LogP contribution in [0.4, 0.5) is 5.13 Å². The number of likely N-dealkylation sites (N-methyl/N-ethyl adjacent to an activating group) is 1. The van der Waals surface area contributed by atoms with E-state index in [4.69, 9.17) is 11.6 Å². The van der Waals surface area contributed by atoms with Crippen LogP contribution in [-0.4, -0.2) is 56.1 Å². The number of aromatic nitrogens is 1. The summed E-state index contributed by atoms with van der Waals surface area (Å²) in [6, 6.07) is 11.9. The molecule has 33 heavy (non-hydrogen) atoms. The molecule has 0 aliphatic rings. The average Bonchev–Trinajstić information content (AvgIpc) is 3.19. The van der Waals surface area contributed by atoms with Crippen LogP contribution in [0.5, 0.6) is 0 Å². The number of carbonyl (C=O) groups is 1. The Labute approximate surface area is 212 Å². The second-order valence-electron chi connectivity index (χ2n) is 7.56. The van der Waals surface area contributed by atoms with E-state index < -0.39 is 9.84 Å². The molecule has 1 amide bonds. The molecule has 0 fully saturated rings. The average molecular weight is 573 g/mol. The van der Waals surface area contributed by atoms with E-state index in [2.05, 4.69) is 39.7 Å². The van der Waals surface area contributed by atoms with E-state index in [1.54, 1.807) is 17.0 Å². The van der Waals surface area contributed by atoms with Crippen LogP contribution in [0.1, 0.15) is 26.7 Å².